The van der Waals surface area contributed by atoms with Crippen molar-refractivity contribution in [3.8, 4) is 0 Å². The Morgan fingerprint density at radius 2 is 2.24 bits per heavy atom. The van der Waals surface area contributed by atoms with Crippen LogP contribution in [0, 0.1) is 5.92 Å². The highest BCUT2D eigenvalue weighted by Crippen LogP contribution is 2.46. The molecule has 3 atom stereocenters. The van der Waals surface area contributed by atoms with Crippen LogP contribution in [0.15, 0.2) is 11.1 Å². The van der Waals surface area contributed by atoms with Crippen LogP contribution in [0.4, 0.5) is 0 Å². The van der Waals surface area contributed by atoms with Gasteiger partial charge in [0.25, 0.3) is 0 Å². The number of carbonyl (C=O) groups excluding carboxylic acids is 2. The molecule has 17 heavy (non-hydrogen) atoms. The van der Waals surface area contributed by atoms with Gasteiger partial charge in [-0.15, -0.1) is 11.8 Å². The van der Waals surface area contributed by atoms with Gasteiger partial charge in [0.2, 0.25) is 5.91 Å². The fraction of sp³-hybridized carbons (Fsp3) is 0.500. The number of nitrogens with zero attached hydrogens (tertiary/aromatic N) is 1. The highest BCUT2D eigenvalue weighted by atomic mass is 32.2. The van der Waals surface area contributed by atoms with Gasteiger partial charge >= 0.3 is 11.9 Å². The maximum absolute atomic E-state index is 11.8. The molecule has 0 radical (unpaired) electrons. The Kier molecular flexibility index (Phi) is 2.86. The molecule has 1 fully saturated rings. The van der Waals surface area contributed by atoms with Gasteiger partial charge < -0.3 is 9.84 Å². The summed E-state index contributed by atoms with van der Waals surface area (Å²) in [6.07, 6.45) is -0.532. The summed E-state index contributed by atoms with van der Waals surface area (Å²) in [6, 6.07) is 0. The lowest BCUT2D eigenvalue weighted by molar-refractivity contribution is -0.165. The number of fused-ring (bicyclic) bond motifs is 1. The molecule has 7 heteroatoms. The number of carboxylic acids is 1. The van der Waals surface area contributed by atoms with E-state index in [-0.39, 0.29) is 17.0 Å². The van der Waals surface area contributed by atoms with Gasteiger partial charge in [-0.1, -0.05) is 0 Å². The second kappa shape index (κ2) is 4.06. The Morgan fingerprint density at radius 1 is 1.59 bits per heavy atom. The van der Waals surface area contributed by atoms with Crippen molar-refractivity contribution < 1.29 is 24.2 Å². The van der Waals surface area contributed by atoms with E-state index in [9.17, 15) is 14.4 Å². The smallest absolute Gasteiger partial charge is 0.353 e. The first-order valence-corrected chi connectivity index (χ1v) is 5.97. The average molecular weight is 257 g/mol. The van der Waals surface area contributed by atoms with Gasteiger partial charge in [0.15, 0.2) is 0 Å². The van der Waals surface area contributed by atoms with Crippen LogP contribution in [0.3, 0.4) is 0 Å². The van der Waals surface area contributed by atoms with E-state index in [0.717, 1.165) is 0 Å². The lowest BCUT2D eigenvalue weighted by atomic mass is 9.92. The van der Waals surface area contributed by atoms with Crippen molar-refractivity contribution in [2.45, 2.75) is 25.3 Å². The standard InChI is InChI=1S/C10H11NO5S/c1-4(16-5(2)12)7-8(13)11-6(10(14)15)3-17-9(7)11/h3-4,7,9H,1-2H3,(H,14,15)/t4?,7?,9-/m1/s1. The number of esters is 1. The molecule has 0 aromatic heterocycles. The van der Waals surface area contributed by atoms with Crippen molar-refractivity contribution >= 4 is 29.6 Å². The number of hydrogen-bond acceptors (Lipinski definition) is 5. The topological polar surface area (TPSA) is 83.9 Å². The number of thioether (sulfide) groups is 1. The molecule has 0 saturated carbocycles. The van der Waals surface area contributed by atoms with Gasteiger partial charge in [-0.3, -0.25) is 14.5 Å². The molecule has 0 bridgehead atoms. The summed E-state index contributed by atoms with van der Waals surface area (Å²) in [5.74, 6) is -2.33. The van der Waals surface area contributed by atoms with Crippen molar-refractivity contribution in [3.05, 3.63) is 11.1 Å². The maximum Gasteiger partial charge on any atom is 0.353 e. The fourth-order valence-electron chi connectivity index (χ4n) is 2.00. The van der Waals surface area contributed by atoms with E-state index >= 15 is 0 Å². The van der Waals surface area contributed by atoms with Crippen molar-refractivity contribution in [1.82, 2.24) is 4.90 Å². The van der Waals surface area contributed by atoms with Gasteiger partial charge in [0.05, 0.1) is 0 Å². The van der Waals surface area contributed by atoms with Crippen molar-refractivity contribution in [2.75, 3.05) is 0 Å². The Hall–Kier alpha value is -1.50. The minimum absolute atomic E-state index is 0.00345. The van der Waals surface area contributed by atoms with Crippen LogP contribution in [-0.2, 0) is 19.1 Å². The van der Waals surface area contributed by atoms with Crippen LogP contribution in [0.5, 0.6) is 0 Å². The monoisotopic (exact) mass is 257 g/mol. The molecule has 0 spiro atoms. The zero-order valence-electron chi connectivity index (χ0n) is 9.25. The minimum atomic E-state index is -1.12. The minimum Gasteiger partial charge on any atom is -0.477 e. The van der Waals surface area contributed by atoms with Gasteiger partial charge in [-0.25, -0.2) is 4.79 Å². The third kappa shape index (κ3) is 1.80. The number of β-lactam (4-membered cyclic amide) rings is 1. The molecular weight excluding hydrogens is 246 g/mol. The van der Waals surface area contributed by atoms with Crippen LogP contribution in [0.25, 0.3) is 0 Å². The summed E-state index contributed by atoms with van der Waals surface area (Å²) < 4.78 is 4.96. The number of carboxylic acid groups (broad SMARTS) is 1. The molecule has 2 aliphatic rings. The van der Waals surface area contributed by atoms with E-state index in [0.29, 0.717) is 0 Å². The summed E-state index contributed by atoms with van der Waals surface area (Å²) in [4.78, 5) is 34.7. The lowest BCUT2D eigenvalue weighted by Gasteiger charge is -2.44. The largest absolute Gasteiger partial charge is 0.477 e. The molecule has 2 heterocycles. The molecule has 0 aromatic carbocycles. The van der Waals surface area contributed by atoms with Crippen LogP contribution < -0.4 is 0 Å². The number of rotatable bonds is 3. The normalized spacial score (nSPS) is 28.0. The van der Waals surface area contributed by atoms with E-state index in [1.165, 1.54) is 29.0 Å². The van der Waals surface area contributed by atoms with Crippen LogP contribution in [0.1, 0.15) is 13.8 Å². The SMILES string of the molecule is CC(=O)OC(C)C1C(=O)N2C(C(=O)O)=CS[C@H]12. The first kappa shape index (κ1) is 12.0. The van der Waals surface area contributed by atoms with E-state index < -0.39 is 24.0 Å². The summed E-state index contributed by atoms with van der Waals surface area (Å²) in [7, 11) is 0. The number of amides is 1. The number of ether oxygens (including phenoxy) is 1. The Balaban J connectivity index is 2.07. The second-order valence-corrected chi connectivity index (χ2v) is 4.87. The van der Waals surface area contributed by atoms with Gasteiger partial charge in [0, 0.05) is 12.3 Å². The third-order valence-corrected chi connectivity index (χ3v) is 3.88. The van der Waals surface area contributed by atoms with Crippen molar-refractivity contribution in [3.63, 3.8) is 0 Å². The predicted octanol–water partition coefficient (Wildman–Crippen LogP) is 0.395. The Bertz CT molecular complexity index is 432. The van der Waals surface area contributed by atoms with E-state index in [1.807, 2.05) is 0 Å². The molecule has 2 rings (SSSR count). The molecular formula is C10H11NO5S. The molecule has 6 nitrogen and oxygen atoms in total. The molecule has 92 valence electrons. The molecule has 1 N–H and O–H groups in total. The van der Waals surface area contributed by atoms with Crippen LogP contribution >= 0.6 is 11.8 Å². The summed E-state index contributed by atoms with van der Waals surface area (Å²) in [6.45, 7) is 2.92. The molecule has 1 saturated heterocycles. The zero-order chi connectivity index (χ0) is 12.7. The number of hydrogen-bond donors (Lipinski definition) is 1. The molecule has 2 unspecified atom stereocenters. The van der Waals surface area contributed by atoms with Crippen molar-refractivity contribution in [2.24, 2.45) is 5.92 Å². The molecule has 1 amide bonds. The maximum atomic E-state index is 11.8. The summed E-state index contributed by atoms with van der Waals surface area (Å²) >= 11 is 1.27. The van der Waals surface area contributed by atoms with Crippen LogP contribution in [-0.4, -0.2) is 39.3 Å². The highest BCUT2D eigenvalue weighted by molar-refractivity contribution is 8.03. The summed E-state index contributed by atoms with van der Waals surface area (Å²) in [5.41, 5.74) is -0.00345. The van der Waals surface area contributed by atoms with E-state index in [2.05, 4.69) is 0 Å². The van der Waals surface area contributed by atoms with Gasteiger partial charge in [-0.2, -0.15) is 0 Å². The lowest BCUT2D eigenvalue weighted by Crippen LogP contribution is -2.61. The predicted molar refractivity (Wildman–Crippen MR) is 58.7 cm³/mol. The average Bonchev–Trinajstić information content (AvgIpc) is 2.55. The Labute approximate surface area is 102 Å². The molecule has 0 aliphatic carbocycles. The fourth-order valence-corrected chi connectivity index (χ4v) is 3.33. The van der Waals surface area contributed by atoms with Crippen LogP contribution in [0.2, 0.25) is 0 Å². The quantitative estimate of drug-likeness (QED) is 0.582. The second-order valence-electron chi connectivity index (χ2n) is 3.88. The zero-order valence-corrected chi connectivity index (χ0v) is 10.1. The highest BCUT2D eigenvalue weighted by Gasteiger charge is 2.56. The summed E-state index contributed by atoms with van der Waals surface area (Å²) in [5, 5.41) is 10.1. The van der Waals surface area contributed by atoms with Crippen molar-refractivity contribution in [1.29, 1.82) is 0 Å². The molecule has 2 aliphatic heterocycles. The van der Waals surface area contributed by atoms with E-state index in [1.54, 1.807) is 6.92 Å². The number of aliphatic carboxylic acids is 1. The first-order valence-electron chi connectivity index (χ1n) is 5.02. The first-order chi connectivity index (χ1) is 7.93. The third-order valence-electron chi connectivity index (χ3n) is 2.74. The van der Waals surface area contributed by atoms with Gasteiger partial charge in [-0.05, 0) is 6.92 Å². The molecule has 0 aromatic rings. The number of carbonyl (C=O) groups is 3. The van der Waals surface area contributed by atoms with Gasteiger partial charge in [0.1, 0.15) is 23.1 Å². The van der Waals surface area contributed by atoms with E-state index in [4.69, 9.17) is 9.84 Å². The Morgan fingerprint density at radius 3 is 2.76 bits per heavy atom.